The van der Waals surface area contributed by atoms with E-state index in [9.17, 15) is 4.79 Å². The van der Waals surface area contributed by atoms with Crippen LogP contribution in [0.15, 0.2) is 57.9 Å². The van der Waals surface area contributed by atoms with Crippen LogP contribution in [-0.4, -0.2) is 15.9 Å². The third-order valence-corrected chi connectivity index (χ3v) is 4.19. The quantitative estimate of drug-likeness (QED) is 0.692. The molecular formula is C17H15BrN4O2. The fourth-order valence-corrected chi connectivity index (χ4v) is 2.37. The molecule has 0 aliphatic heterocycles. The van der Waals surface area contributed by atoms with Gasteiger partial charge in [0.05, 0.1) is 25.2 Å². The Bertz CT molecular complexity index is 832. The van der Waals surface area contributed by atoms with E-state index >= 15 is 0 Å². The molecule has 0 aliphatic rings. The lowest BCUT2D eigenvalue weighted by Gasteiger charge is -2.07. The van der Waals surface area contributed by atoms with Crippen LogP contribution in [0.2, 0.25) is 0 Å². The monoisotopic (exact) mass is 386 g/mol. The zero-order valence-corrected chi connectivity index (χ0v) is 14.5. The minimum absolute atomic E-state index is 0.246. The number of aromatic nitrogens is 2. The van der Waals surface area contributed by atoms with Gasteiger partial charge in [0.1, 0.15) is 17.3 Å². The topological polar surface area (TPSA) is 80.0 Å². The first-order valence-corrected chi connectivity index (χ1v) is 8.07. The predicted octanol–water partition coefficient (Wildman–Crippen LogP) is 4.00. The molecule has 0 saturated heterocycles. The van der Waals surface area contributed by atoms with E-state index < -0.39 is 0 Å². The Balaban J connectivity index is 1.61. The summed E-state index contributed by atoms with van der Waals surface area (Å²) in [6, 6.07) is 9.29. The Kier molecular flexibility index (Phi) is 4.90. The summed E-state index contributed by atoms with van der Waals surface area (Å²) in [5.74, 6) is 1.06. The fourth-order valence-electron chi connectivity index (χ4n) is 1.99. The van der Waals surface area contributed by atoms with Gasteiger partial charge in [-0.15, -0.1) is 0 Å². The van der Waals surface area contributed by atoms with Crippen molar-refractivity contribution >= 4 is 33.3 Å². The second-order valence-electron chi connectivity index (χ2n) is 5.14. The lowest BCUT2D eigenvalue weighted by Crippen LogP contribution is -2.14. The number of hydrogen-bond donors (Lipinski definition) is 2. The SMILES string of the molecule is Cc1ccc(NC(=O)c2cnc(NCc3ccco3)cn2)cc1Br. The molecular weight excluding hydrogens is 372 g/mol. The van der Waals surface area contributed by atoms with Crippen LogP contribution in [0.3, 0.4) is 0 Å². The number of nitrogens with zero attached hydrogens (tertiary/aromatic N) is 2. The number of furan rings is 1. The van der Waals surface area contributed by atoms with Crippen molar-refractivity contribution in [1.29, 1.82) is 0 Å². The highest BCUT2D eigenvalue weighted by Gasteiger charge is 2.09. The maximum absolute atomic E-state index is 12.2. The van der Waals surface area contributed by atoms with Crippen molar-refractivity contribution in [2.24, 2.45) is 0 Å². The molecule has 0 aliphatic carbocycles. The number of hydrogen-bond acceptors (Lipinski definition) is 5. The number of amides is 1. The summed E-state index contributed by atoms with van der Waals surface area (Å²) >= 11 is 3.44. The second-order valence-corrected chi connectivity index (χ2v) is 5.99. The van der Waals surface area contributed by atoms with E-state index in [2.05, 4.69) is 36.5 Å². The van der Waals surface area contributed by atoms with Gasteiger partial charge in [-0.3, -0.25) is 4.79 Å². The van der Waals surface area contributed by atoms with Gasteiger partial charge in [0.2, 0.25) is 0 Å². The summed E-state index contributed by atoms with van der Waals surface area (Å²) in [4.78, 5) is 20.5. The van der Waals surface area contributed by atoms with Crippen LogP contribution in [0, 0.1) is 6.92 Å². The van der Waals surface area contributed by atoms with Crippen LogP contribution in [0.4, 0.5) is 11.5 Å². The summed E-state index contributed by atoms with van der Waals surface area (Å²) in [5.41, 5.74) is 2.04. The largest absolute Gasteiger partial charge is 0.467 e. The zero-order valence-electron chi connectivity index (χ0n) is 12.9. The number of benzene rings is 1. The summed E-state index contributed by atoms with van der Waals surface area (Å²) in [7, 11) is 0. The van der Waals surface area contributed by atoms with Gasteiger partial charge in [-0.05, 0) is 36.8 Å². The minimum Gasteiger partial charge on any atom is -0.467 e. The number of halogens is 1. The summed E-state index contributed by atoms with van der Waals surface area (Å²) < 4.78 is 6.16. The summed E-state index contributed by atoms with van der Waals surface area (Å²) in [6.07, 6.45) is 4.56. The Morgan fingerprint density at radius 1 is 1.25 bits per heavy atom. The Morgan fingerprint density at radius 2 is 2.12 bits per heavy atom. The van der Waals surface area contributed by atoms with Gasteiger partial charge in [-0.25, -0.2) is 9.97 Å². The van der Waals surface area contributed by atoms with Gasteiger partial charge in [0.15, 0.2) is 0 Å². The third kappa shape index (κ3) is 3.99. The summed E-state index contributed by atoms with van der Waals surface area (Å²) in [5, 5.41) is 5.86. The molecule has 7 heteroatoms. The van der Waals surface area contributed by atoms with Gasteiger partial charge in [0.25, 0.3) is 5.91 Å². The first-order chi connectivity index (χ1) is 11.6. The molecule has 1 amide bonds. The highest BCUT2D eigenvalue weighted by Crippen LogP contribution is 2.21. The first kappa shape index (κ1) is 16.2. The normalized spacial score (nSPS) is 10.4. The predicted molar refractivity (Wildman–Crippen MR) is 94.9 cm³/mol. The average Bonchev–Trinajstić information content (AvgIpc) is 3.10. The number of nitrogens with one attached hydrogen (secondary N) is 2. The molecule has 2 N–H and O–H groups in total. The molecule has 6 nitrogen and oxygen atoms in total. The molecule has 1 aromatic carbocycles. The first-order valence-electron chi connectivity index (χ1n) is 7.27. The maximum Gasteiger partial charge on any atom is 0.275 e. The van der Waals surface area contributed by atoms with Crippen molar-refractivity contribution in [3.05, 3.63) is 70.5 Å². The van der Waals surface area contributed by atoms with E-state index in [-0.39, 0.29) is 11.6 Å². The Hall–Kier alpha value is -2.67. The van der Waals surface area contributed by atoms with Gasteiger partial charge in [-0.1, -0.05) is 22.0 Å². The average molecular weight is 387 g/mol. The van der Waals surface area contributed by atoms with E-state index in [1.165, 1.54) is 12.4 Å². The highest BCUT2D eigenvalue weighted by atomic mass is 79.9. The van der Waals surface area contributed by atoms with Crippen LogP contribution in [-0.2, 0) is 6.54 Å². The fraction of sp³-hybridized carbons (Fsp3) is 0.118. The van der Waals surface area contributed by atoms with E-state index in [1.807, 2.05) is 37.3 Å². The molecule has 0 spiro atoms. The van der Waals surface area contributed by atoms with Crippen molar-refractivity contribution < 1.29 is 9.21 Å². The molecule has 0 saturated carbocycles. The molecule has 24 heavy (non-hydrogen) atoms. The molecule has 3 rings (SSSR count). The van der Waals surface area contributed by atoms with Gasteiger partial charge in [-0.2, -0.15) is 0 Å². The molecule has 3 aromatic rings. The molecule has 0 fully saturated rings. The van der Waals surface area contributed by atoms with Gasteiger partial charge < -0.3 is 15.1 Å². The van der Waals surface area contributed by atoms with E-state index in [0.717, 1.165) is 15.8 Å². The van der Waals surface area contributed by atoms with Crippen molar-refractivity contribution in [3.63, 3.8) is 0 Å². The van der Waals surface area contributed by atoms with Crippen LogP contribution in [0.25, 0.3) is 0 Å². The smallest absolute Gasteiger partial charge is 0.275 e. The number of anilines is 2. The molecule has 122 valence electrons. The standard InChI is InChI=1S/C17H15BrN4O2/c1-11-4-5-12(7-14(11)18)22-17(23)15-9-21-16(10-19-15)20-8-13-3-2-6-24-13/h2-7,9-10H,8H2,1H3,(H,20,21)(H,22,23). The van der Waals surface area contributed by atoms with Crippen molar-refractivity contribution in [3.8, 4) is 0 Å². The lowest BCUT2D eigenvalue weighted by atomic mass is 10.2. The van der Waals surface area contributed by atoms with Crippen LogP contribution in [0.1, 0.15) is 21.8 Å². The van der Waals surface area contributed by atoms with Gasteiger partial charge >= 0.3 is 0 Å². The highest BCUT2D eigenvalue weighted by molar-refractivity contribution is 9.10. The van der Waals surface area contributed by atoms with E-state index in [1.54, 1.807) is 6.26 Å². The van der Waals surface area contributed by atoms with Crippen LogP contribution < -0.4 is 10.6 Å². The van der Waals surface area contributed by atoms with E-state index in [4.69, 9.17) is 4.42 Å². The van der Waals surface area contributed by atoms with Crippen molar-refractivity contribution in [1.82, 2.24) is 9.97 Å². The third-order valence-electron chi connectivity index (χ3n) is 3.34. The summed E-state index contributed by atoms with van der Waals surface area (Å²) in [6.45, 7) is 2.49. The molecule has 0 unspecified atom stereocenters. The Morgan fingerprint density at radius 3 is 2.79 bits per heavy atom. The van der Waals surface area contributed by atoms with Crippen molar-refractivity contribution in [2.45, 2.75) is 13.5 Å². The molecule has 2 aromatic heterocycles. The number of carbonyl (C=O) groups excluding carboxylic acids is 1. The molecule has 0 atom stereocenters. The van der Waals surface area contributed by atoms with Crippen LogP contribution in [0.5, 0.6) is 0 Å². The van der Waals surface area contributed by atoms with Crippen molar-refractivity contribution in [2.75, 3.05) is 10.6 Å². The molecule has 2 heterocycles. The lowest BCUT2D eigenvalue weighted by molar-refractivity contribution is 0.102. The number of rotatable bonds is 5. The zero-order chi connectivity index (χ0) is 16.9. The van der Waals surface area contributed by atoms with E-state index in [0.29, 0.717) is 18.1 Å². The van der Waals surface area contributed by atoms with Gasteiger partial charge in [0, 0.05) is 10.2 Å². The Labute approximate surface area is 147 Å². The maximum atomic E-state index is 12.2. The molecule has 0 bridgehead atoms. The second kappa shape index (κ2) is 7.27. The minimum atomic E-state index is -0.309. The number of aryl methyl sites for hydroxylation is 1. The molecule has 0 radical (unpaired) electrons. The number of carbonyl (C=O) groups is 1. The van der Waals surface area contributed by atoms with Crippen LogP contribution >= 0.6 is 15.9 Å².